The quantitative estimate of drug-likeness (QED) is 0.0212. The molecular weight excluding hydrogens is 1010 g/mol. The van der Waals surface area contributed by atoms with Crippen molar-refractivity contribution in [3.8, 4) is 0 Å². The number of unbranched alkanes of at least 4 members (excludes halogenated alkanes) is 38. The van der Waals surface area contributed by atoms with E-state index < -0.39 is 26.6 Å². The van der Waals surface area contributed by atoms with Crippen molar-refractivity contribution in [3.63, 3.8) is 0 Å². The standard InChI is InChI=1S/C70H131N2O7P/c1-7-10-13-16-19-22-25-28-30-31-32-33-34-35-36-37-38-39-40-41-42-44-47-50-53-56-59-62-69(73)71-67(66-78-80(75,76)77-65-64-72(4,5)6)68(61-58-55-52-49-46-43-27-24-21-18-15-12-9-3)79-70(74)63-60-57-54-51-48-45-29-26-23-20-17-14-11-8-2/h11,14,20,23,28-30,45,58,61,67-68H,7-10,12-13,15-19,21-22,24-27,31-44,46-57,59-60,62-66H2,1-6H3,(H-,71,73,75,76)/b14-11+,23-20+,30-28+,45-29+,61-58-. The maximum Gasteiger partial charge on any atom is 0.306 e. The van der Waals surface area contributed by atoms with E-state index in [0.717, 1.165) is 83.5 Å². The monoisotopic (exact) mass is 1140 g/mol. The van der Waals surface area contributed by atoms with E-state index in [1.807, 2.05) is 33.3 Å². The third kappa shape index (κ3) is 60.3. The summed E-state index contributed by atoms with van der Waals surface area (Å²) in [6, 6.07) is -0.897. The van der Waals surface area contributed by atoms with Crippen LogP contribution in [0.5, 0.6) is 0 Å². The molecule has 3 atom stereocenters. The third-order valence-electron chi connectivity index (χ3n) is 15.2. The van der Waals surface area contributed by atoms with Gasteiger partial charge in [0.25, 0.3) is 7.82 Å². The second-order valence-electron chi connectivity index (χ2n) is 24.3. The third-order valence-corrected chi connectivity index (χ3v) is 16.1. The molecule has 10 heteroatoms. The van der Waals surface area contributed by atoms with Crippen molar-refractivity contribution in [2.75, 3.05) is 40.9 Å². The van der Waals surface area contributed by atoms with Gasteiger partial charge >= 0.3 is 5.97 Å². The summed E-state index contributed by atoms with van der Waals surface area (Å²) in [5, 5.41) is 3.04. The Balaban J connectivity index is 5.03. The van der Waals surface area contributed by atoms with Crippen LogP contribution < -0.4 is 10.2 Å². The molecule has 1 amide bonds. The van der Waals surface area contributed by atoms with E-state index in [1.165, 1.54) is 199 Å². The van der Waals surface area contributed by atoms with Gasteiger partial charge in [-0.3, -0.25) is 14.2 Å². The number of hydrogen-bond donors (Lipinski definition) is 1. The van der Waals surface area contributed by atoms with Crippen molar-refractivity contribution in [2.45, 2.75) is 335 Å². The van der Waals surface area contributed by atoms with Gasteiger partial charge in [-0.15, -0.1) is 0 Å². The van der Waals surface area contributed by atoms with Crippen molar-refractivity contribution in [1.82, 2.24) is 5.32 Å². The predicted molar refractivity (Wildman–Crippen MR) is 344 cm³/mol. The zero-order valence-electron chi connectivity index (χ0n) is 53.5. The molecule has 0 aromatic heterocycles. The fourth-order valence-corrected chi connectivity index (χ4v) is 10.7. The lowest BCUT2D eigenvalue weighted by Crippen LogP contribution is -2.47. The highest BCUT2D eigenvalue weighted by atomic mass is 31.2. The summed E-state index contributed by atoms with van der Waals surface area (Å²) < 4.78 is 30.4. The minimum Gasteiger partial charge on any atom is -0.756 e. The molecule has 0 fully saturated rings. The van der Waals surface area contributed by atoms with Crippen LogP contribution in [-0.2, 0) is 27.9 Å². The molecule has 0 aromatic rings. The minimum absolute atomic E-state index is 0.0260. The van der Waals surface area contributed by atoms with E-state index in [9.17, 15) is 19.0 Å². The van der Waals surface area contributed by atoms with Crippen LogP contribution in [0.3, 0.4) is 0 Å². The molecule has 9 nitrogen and oxygen atoms in total. The average molecular weight is 1140 g/mol. The van der Waals surface area contributed by atoms with Gasteiger partial charge < -0.3 is 28.5 Å². The molecule has 0 aliphatic carbocycles. The summed E-state index contributed by atoms with van der Waals surface area (Å²) in [5.74, 6) is -0.556. The highest BCUT2D eigenvalue weighted by Crippen LogP contribution is 2.38. The first kappa shape index (κ1) is 77.7. The number of carbonyl (C=O) groups excluding carboxylic acids is 2. The second kappa shape index (κ2) is 59.9. The molecule has 0 saturated heterocycles. The van der Waals surface area contributed by atoms with Gasteiger partial charge in [0.2, 0.25) is 5.91 Å². The number of amides is 1. The van der Waals surface area contributed by atoms with Gasteiger partial charge in [-0.25, -0.2) is 0 Å². The number of quaternary nitrogens is 1. The van der Waals surface area contributed by atoms with E-state index in [0.29, 0.717) is 23.9 Å². The normalized spacial score (nSPS) is 13.9. The van der Waals surface area contributed by atoms with E-state index in [-0.39, 0.29) is 24.9 Å². The van der Waals surface area contributed by atoms with E-state index in [4.69, 9.17) is 13.8 Å². The van der Waals surface area contributed by atoms with Gasteiger partial charge in [-0.05, 0) is 89.5 Å². The summed E-state index contributed by atoms with van der Waals surface area (Å²) in [4.78, 5) is 40.1. The number of esters is 1. The fraction of sp³-hybridized carbons (Fsp3) is 0.829. The summed E-state index contributed by atoms with van der Waals surface area (Å²) >= 11 is 0. The summed E-state index contributed by atoms with van der Waals surface area (Å²) in [6.07, 6.45) is 76.4. The maximum absolute atomic E-state index is 13.6. The SMILES string of the molecule is CC/C=C/C/C=C/C/C=C/CCCCCCC(=O)OC(/C=C\CCCCCCCCCCCCC)C(COP(=O)([O-])OCC[N+](C)(C)C)NC(=O)CCCCCCCCCCCCCCCCCCC/C=C/CCCCCCCC. The Morgan fingerprint density at radius 2 is 0.800 bits per heavy atom. The van der Waals surface area contributed by atoms with Crippen LogP contribution in [0.4, 0.5) is 0 Å². The molecule has 0 radical (unpaired) electrons. The van der Waals surface area contributed by atoms with Crippen molar-refractivity contribution in [3.05, 3.63) is 60.8 Å². The lowest BCUT2D eigenvalue weighted by molar-refractivity contribution is -0.870. The topological polar surface area (TPSA) is 114 Å². The van der Waals surface area contributed by atoms with Crippen molar-refractivity contribution >= 4 is 19.7 Å². The zero-order valence-corrected chi connectivity index (χ0v) is 54.4. The Labute approximate surface area is 496 Å². The summed E-state index contributed by atoms with van der Waals surface area (Å²) in [5.41, 5.74) is 0. The van der Waals surface area contributed by atoms with Crippen LogP contribution in [-0.4, -0.2) is 69.4 Å². The fourth-order valence-electron chi connectivity index (χ4n) is 9.95. The van der Waals surface area contributed by atoms with Crippen LogP contribution in [0.2, 0.25) is 0 Å². The van der Waals surface area contributed by atoms with Gasteiger partial charge in [0, 0.05) is 12.8 Å². The molecule has 468 valence electrons. The zero-order chi connectivity index (χ0) is 58.6. The number of phosphoric acid groups is 1. The largest absolute Gasteiger partial charge is 0.756 e. The molecule has 0 aliphatic rings. The second-order valence-corrected chi connectivity index (χ2v) is 25.7. The van der Waals surface area contributed by atoms with Gasteiger partial charge in [0.05, 0.1) is 33.8 Å². The molecule has 0 spiro atoms. The first-order valence-corrected chi connectivity index (χ1v) is 35.6. The predicted octanol–water partition coefficient (Wildman–Crippen LogP) is 20.8. The van der Waals surface area contributed by atoms with Gasteiger partial charge in [0.15, 0.2) is 0 Å². The van der Waals surface area contributed by atoms with Crippen LogP contribution in [0.1, 0.15) is 323 Å². The molecule has 0 aromatic carbocycles. The van der Waals surface area contributed by atoms with Crippen molar-refractivity contribution in [2.24, 2.45) is 0 Å². The molecule has 0 saturated carbocycles. The lowest BCUT2D eigenvalue weighted by atomic mass is 10.0. The van der Waals surface area contributed by atoms with Crippen molar-refractivity contribution in [1.29, 1.82) is 0 Å². The molecule has 0 bridgehead atoms. The smallest absolute Gasteiger partial charge is 0.306 e. The number of allylic oxidation sites excluding steroid dienone is 9. The number of nitrogens with zero attached hydrogens (tertiary/aromatic N) is 1. The number of phosphoric ester groups is 1. The molecule has 1 N–H and O–H groups in total. The Kier molecular flexibility index (Phi) is 58.1. The molecule has 3 unspecified atom stereocenters. The van der Waals surface area contributed by atoms with Gasteiger partial charge in [0.1, 0.15) is 19.3 Å². The first-order valence-electron chi connectivity index (χ1n) is 34.1. The summed E-state index contributed by atoms with van der Waals surface area (Å²) in [7, 11) is 1.18. The lowest BCUT2D eigenvalue weighted by Gasteiger charge is -2.30. The molecule has 80 heavy (non-hydrogen) atoms. The Hall–Kier alpha value is -2.29. The van der Waals surface area contributed by atoms with E-state index in [2.05, 4.69) is 74.7 Å². The van der Waals surface area contributed by atoms with Gasteiger partial charge in [-0.1, -0.05) is 281 Å². The molecule has 0 heterocycles. The number of rotatable bonds is 62. The van der Waals surface area contributed by atoms with E-state index >= 15 is 0 Å². The highest BCUT2D eigenvalue weighted by Gasteiger charge is 2.27. The highest BCUT2D eigenvalue weighted by molar-refractivity contribution is 7.45. The van der Waals surface area contributed by atoms with Crippen LogP contribution in [0.15, 0.2) is 60.8 Å². The number of nitrogens with one attached hydrogen (secondary N) is 1. The number of ether oxygens (including phenoxy) is 1. The Morgan fingerprint density at radius 1 is 0.450 bits per heavy atom. The Morgan fingerprint density at radius 3 is 1.21 bits per heavy atom. The Bertz CT molecular complexity index is 1550. The van der Waals surface area contributed by atoms with Crippen LogP contribution in [0, 0.1) is 0 Å². The van der Waals surface area contributed by atoms with Crippen molar-refractivity contribution < 1.29 is 37.3 Å². The average Bonchev–Trinajstić information content (AvgIpc) is 3.42. The van der Waals surface area contributed by atoms with Crippen LogP contribution >= 0.6 is 7.82 Å². The van der Waals surface area contributed by atoms with E-state index in [1.54, 1.807) is 0 Å². The molecule has 0 aliphatic heterocycles. The number of hydrogen-bond acceptors (Lipinski definition) is 7. The molecular formula is C70H131N2O7P. The minimum atomic E-state index is -4.71. The van der Waals surface area contributed by atoms with Gasteiger partial charge in [-0.2, -0.15) is 0 Å². The molecule has 0 rings (SSSR count). The number of likely N-dealkylation sites (N-methyl/N-ethyl adjacent to an activating group) is 1. The first-order chi connectivity index (χ1) is 38.9. The summed E-state index contributed by atoms with van der Waals surface area (Å²) in [6.45, 7) is 6.74. The van der Waals surface area contributed by atoms with Crippen LogP contribution in [0.25, 0.3) is 0 Å². The number of carbonyl (C=O) groups is 2. The maximum atomic E-state index is 13.6.